The first-order chi connectivity index (χ1) is 9.88. The molecule has 1 aromatic carbocycles. The highest BCUT2D eigenvalue weighted by Crippen LogP contribution is 2.26. The van der Waals surface area contributed by atoms with Gasteiger partial charge in [0.1, 0.15) is 5.75 Å². The lowest BCUT2D eigenvalue weighted by Gasteiger charge is -2.13. The number of benzene rings is 1. The van der Waals surface area contributed by atoms with Gasteiger partial charge in [-0.05, 0) is 54.8 Å². The van der Waals surface area contributed by atoms with Crippen molar-refractivity contribution in [2.45, 2.75) is 25.2 Å². The minimum Gasteiger partial charge on any atom is -0.493 e. The van der Waals surface area contributed by atoms with Gasteiger partial charge in [-0.2, -0.15) is 0 Å². The van der Waals surface area contributed by atoms with Crippen LogP contribution in [0.2, 0.25) is 0 Å². The van der Waals surface area contributed by atoms with Crippen molar-refractivity contribution >= 4 is 10.0 Å². The average Bonchev–Trinajstić information content (AvgIpc) is 2.42. The monoisotopic (exact) mass is 306 g/mol. The second-order valence-corrected chi connectivity index (χ2v) is 6.45. The number of rotatable bonds is 5. The van der Waals surface area contributed by atoms with Crippen molar-refractivity contribution in [2.75, 3.05) is 6.61 Å². The fraction of sp³-hybridized carbons (Fsp3) is 0.267. The fourth-order valence-corrected chi connectivity index (χ4v) is 2.80. The summed E-state index contributed by atoms with van der Waals surface area (Å²) in [6.45, 7) is 4.13. The minimum atomic E-state index is -3.69. The third kappa shape index (κ3) is 4.03. The van der Waals surface area contributed by atoms with Gasteiger partial charge in [0.05, 0.1) is 11.5 Å². The van der Waals surface area contributed by atoms with Gasteiger partial charge in [0, 0.05) is 18.8 Å². The van der Waals surface area contributed by atoms with Crippen LogP contribution in [0.3, 0.4) is 0 Å². The van der Waals surface area contributed by atoms with Crippen molar-refractivity contribution in [3.05, 3.63) is 53.3 Å². The molecule has 112 valence electrons. The van der Waals surface area contributed by atoms with E-state index in [2.05, 4.69) is 4.98 Å². The normalized spacial score (nSPS) is 11.4. The lowest BCUT2D eigenvalue weighted by atomic mass is 10.1. The molecular weight excluding hydrogens is 288 g/mol. The molecule has 0 saturated carbocycles. The van der Waals surface area contributed by atoms with Crippen molar-refractivity contribution in [2.24, 2.45) is 5.14 Å². The summed E-state index contributed by atoms with van der Waals surface area (Å²) in [5.74, 6) is 0.705. The molecule has 1 heterocycles. The van der Waals surface area contributed by atoms with Crippen LogP contribution in [0.15, 0.2) is 41.6 Å². The average molecular weight is 306 g/mol. The highest BCUT2D eigenvalue weighted by Gasteiger charge is 2.13. The predicted molar refractivity (Wildman–Crippen MR) is 80.7 cm³/mol. The molecule has 0 spiro atoms. The van der Waals surface area contributed by atoms with Crippen LogP contribution in [0.25, 0.3) is 0 Å². The molecule has 2 aromatic rings. The van der Waals surface area contributed by atoms with E-state index in [4.69, 9.17) is 9.88 Å². The van der Waals surface area contributed by atoms with Crippen LogP contribution in [-0.4, -0.2) is 20.0 Å². The molecule has 0 aliphatic rings. The number of aryl methyl sites for hydroxylation is 2. The number of nitrogens with two attached hydrogens (primary N) is 1. The zero-order valence-electron chi connectivity index (χ0n) is 12.0. The highest BCUT2D eigenvalue weighted by molar-refractivity contribution is 7.89. The topological polar surface area (TPSA) is 82.3 Å². The molecule has 21 heavy (non-hydrogen) atoms. The molecule has 0 amide bonds. The van der Waals surface area contributed by atoms with Crippen molar-refractivity contribution < 1.29 is 13.2 Å². The van der Waals surface area contributed by atoms with Crippen molar-refractivity contribution in [1.29, 1.82) is 0 Å². The van der Waals surface area contributed by atoms with E-state index in [1.807, 2.05) is 26.0 Å². The van der Waals surface area contributed by atoms with E-state index in [0.717, 1.165) is 23.1 Å². The second-order valence-electron chi connectivity index (χ2n) is 4.89. The van der Waals surface area contributed by atoms with E-state index >= 15 is 0 Å². The van der Waals surface area contributed by atoms with Gasteiger partial charge >= 0.3 is 0 Å². The number of nitrogens with zero attached hydrogens (tertiary/aromatic N) is 1. The van der Waals surface area contributed by atoms with E-state index in [-0.39, 0.29) is 4.90 Å². The van der Waals surface area contributed by atoms with E-state index in [1.54, 1.807) is 12.4 Å². The first kappa shape index (κ1) is 15.5. The van der Waals surface area contributed by atoms with Gasteiger partial charge in [-0.15, -0.1) is 0 Å². The first-order valence-electron chi connectivity index (χ1n) is 6.53. The second kappa shape index (κ2) is 6.24. The van der Waals surface area contributed by atoms with E-state index in [9.17, 15) is 8.42 Å². The van der Waals surface area contributed by atoms with Gasteiger partial charge in [0.15, 0.2) is 0 Å². The molecule has 0 radical (unpaired) electrons. The van der Waals surface area contributed by atoms with Gasteiger partial charge < -0.3 is 4.74 Å². The third-order valence-corrected chi connectivity index (χ3v) is 4.04. The number of primary sulfonamides is 1. The SMILES string of the molecule is Cc1cc(S(N)(=O)=O)cc(C)c1OCCc1ccncc1. The number of pyridine rings is 1. The van der Waals surface area contributed by atoms with Gasteiger partial charge in [0.25, 0.3) is 0 Å². The van der Waals surface area contributed by atoms with Crippen LogP contribution in [0.1, 0.15) is 16.7 Å². The number of hydrogen-bond donors (Lipinski definition) is 1. The molecule has 0 fully saturated rings. The van der Waals surface area contributed by atoms with Crippen molar-refractivity contribution in [1.82, 2.24) is 4.98 Å². The molecular formula is C15H18N2O3S. The standard InChI is InChI=1S/C15H18N2O3S/c1-11-9-14(21(16,18)19)10-12(2)15(11)20-8-5-13-3-6-17-7-4-13/h3-4,6-7,9-10H,5,8H2,1-2H3,(H2,16,18,19). The maximum Gasteiger partial charge on any atom is 0.238 e. The predicted octanol–water partition coefficient (Wildman–Crippen LogP) is 1.97. The van der Waals surface area contributed by atoms with Crippen LogP contribution in [0.4, 0.5) is 0 Å². The third-order valence-electron chi connectivity index (χ3n) is 3.15. The van der Waals surface area contributed by atoms with Gasteiger partial charge in [-0.3, -0.25) is 4.98 Å². The van der Waals surface area contributed by atoms with Crippen LogP contribution < -0.4 is 9.88 Å². The Kier molecular flexibility index (Phi) is 4.59. The Morgan fingerprint density at radius 1 is 1.14 bits per heavy atom. The molecule has 0 aliphatic heterocycles. The smallest absolute Gasteiger partial charge is 0.238 e. The Hall–Kier alpha value is -1.92. The van der Waals surface area contributed by atoms with E-state index in [0.29, 0.717) is 12.4 Å². The Labute approximate surface area is 124 Å². The van der Waals surface area contributed by atoms with Crippen LogP contribution in [0, 0.1) is 13.8 Å². The number of hydrogen-bond acceptors (Lipinski definition) is 4. The molecule has 0 saturated heterocycles. The van der Waals surface area contributed by atoms with Crippen LogP contribution >= 0.6 is 0 Å². The zero-order chi connectivity index (χ0) is 15.5. The summed E-state index contributed by atoms with van der Waals surface area (Å²) in [5.41, 5.74) is 2.66. The zero-order valence-corrected chi connectivity index (χ0v) is 12.9. The molecule has 6 heteroatoms. The summed E-state index contributed by atoms with van der Waals surface area (Å²) in [4.78, 5) is 4.07. The lowest BCUT2D eigenvalue weighted by molar-refractivity contribution is 0.317. The Balaban J connectivity index is 2.11. The largest absolute Gasteiger partial charge is 0.493 e. The van der Waals surface area contributed by atoms with Gasteiger partial charge in [-0.1, -0.05) is 0 Å². The summed E-state index contributed by atoms with van der Waals surface area (Å²) in [6, 6.07) is 6.94. The summed E-state index contributed by atoms with van der Waals surface area (Å²) < 4.78 is 28.5. The van der Waals surface area contributed by atoms with Crippen LogP contribution in [0.5, 0.6) is 5.75 Å². The van der Waals surface area contributed by atoms with Gasteiger partial charge in [0.2, 0.25) is 10.0 Å². The summed E-state index contributed by atoms with van der Waals surface area (Å²) >= 11 is 0. The van der Waals surface area contributed by atoms with Crippen molar-refractivity contribution in [3.8, 4) is 5.75 Å². The molecule has 0 bridgehead atoms. The molecule has 5 nitrogen and oxygen atoms in total. The molecule has 0 aliphatic carbocycles. The number of ether oxygens (including phenoxy) is 1. The van der Waals surface area contributed by atoms with E-state index < -0.39 is 10.0 Å². The maximum atomic E-state index is 11.4. The molecule has 0 unspecified atom stereocenters. The molecule has 0 atom stereocenters. The number of aromatic nitrogens is 1. The minimum absolute atomic E-state index is 0.110. The Bertz CT molecular complexity index is 705. The Morgan fingerprint density at radius 3 is 2.24 bits per heavy atom. The quantitative estimate of drug-likeness (QED) is 0.915. The number of sulfonamides is 1. The highest BCUT2D eigenvalue weighted by atomic mass is 32.2. The summed E-state index contributed by atoms with van der Waals surface area (Å²) in [7, 11) is -3.69. The van der Waals surface area contributed by atoms with E-state index in [1.165, 1.54) is 12.1 Å². The summed E-state index contributed by atoms with van der Waals surface area (Å²) in [6.07, 6.45) is 4.25. The van der Waals surface area contributed by atoms with Crippen LogP contribution in [-0.2, 0) is 16.4 Å². The lowest BCUT2D eigenvalue weighted by Crippen LogP contribution is -2.13. The maximum absolute atomic E-state index is 11.4. The van der Waals surface area contributed by atoms with Crippen molar-refractivity contribution in [3.63, 3.8) is 0 Å². The Morgan fingerprint density at radius 2 is 1.71 bits per heavy atom. The molecule has 2 N–H and O–H groups in total. The fourth-order valence-electron chi connectivity index (χ4n) is 2.12. The molecule has 2 rings (SSSR count). The van der Waals surface area contributed by atoms with Gasteiger partial charge in [-0.25, -0.2) is 13.6 Å². The molecule has 1 aromatic heterocycles. The summed E-state index contributed by atoms with van der Waals surface area (Å²) in [5, 5.41) is 5.15. The first-order valence-corrected chi connectivity index (χ1v) is 8.08.